The first-order chi connectivity index (χ1) is 7.74. The Morgan fingerprint density at radius 2 is 2.25 bits per heavy atom. The summed E-state index contributed by atoms with van der Waals surface area (Å²) >= 11 is 0. The minimum absolute atomic E-state index is 0.0216. The Hall–Kier alpha value is -1.56. The molecule has 1 saturated heterocycles. The topological polar surface area (TPSA) is 79.9 Å². The van der Waals surface area contributed by atoms with Crippen LogP contribution in [-0.4, -0.2) is 56.2 Å². The van der Waals surface area contributed by atoms with Crippen LogP contribution in [0.3, 0.4) is 0 Å². The molecular formula is C10H18N4O2. The molecule has 1 rings (SSSR count). The molecule has 1 aliphatic rings. The number of nitrogens with two attached hydrogens (primary N) is 1. The molecule has 0 aromatic rings. The summed E-state index contributed by atoms with van der Waals surface area (Å²) in [7, 11) is 0. The summed E-state index contributed by atoms with van der Waals surface area (Å²) in [5, 5.41) is 2.80. The number of rotatable bonds is 4. The molecule has 0 unspecified atom stereocenters. The Labute approximate surface area is 95.1 Å². The van der Waals surface area contributed by atoms with Crippen molar-refractivity contribution in [3.05, 3.63) is 12.7 Å². The summed E-state index contributed by atoms with van der Waals surface area (Å²) in [5.41, 5.74) is 5.53. The fraction of sp³-hybridized carbons (Fsp3) is 0.600. The maximum atomic E-state index is 11.6. The molecule has 90 valence electrons. The van der Waals surface area contributed by atoms with E-state index in [0.29, 0.717) is 32.8 Å². The van der Waals surface area contributed by atoms with Crippen molar-refractivity contribution in [1.82, 2.24) is 10.2 Å². The normalized spacial score (nSPS) is 17.0. The lowest BCUT2D eigenvalue weighted by molar-refractivity contribution is -0.133. The Kier molecular flexibility index (Phi) is 5.35. The zero-order valence-corrected chi connectivity index (χ0v) is 9.32. The molecule has 0 saturated carbocycles. The van der Waals surface area contributed by atoms with Crippen molar-refractivity contribution < 1.29 is 9.53 Å². The van der Waals surface area contributed by atoms with E-state index in [0.717, 1.165) is 0 Å². The fourth-order valence-electron chi connectivity index (χ4n) is 1.30. The molecule has 0 atom stereocenters. The number of nitrogens with zero attached hydrogens (tertiary/aromatic N) is 2. The maximum absolute atomic E-state index is 11.6. The van der Waals surface area contributed by atoms with E-state index >= 15 is 0 Å². The van der Waals surface area contributed by atoms with Gasteiger partial charge < -0.3 is 20.7 Å². The van der Waals surface area contributed by atoms with Crippen LogP contribution in [-0.2, 0) is 9.53 Å². The van der Waals surface area contributed by atoms with E-state index in [4.69, 9.17) is 10.5 Å². The molecule has 0 aromatic carbocycles. The first-order valence-corrected chi connectivity index (χ1v) is 5.24. The Morgan fingerprint density at radius 1 is 1.56 bits per heavy atom. The summed E-state index contributed by atoms with van der Waals surface area (Å²) < 4.78 is 5.15. The molecule has 1 fully saturated rings. The van der Waals surface area contributed by atoms with Crippen molar-refractivity contribution in [1.29, 1.82) is 0 Å². The van der Waals surface area contributed by atoms with Gasteiger partial charge in [-0.3, -0.25) is 4.79 Å². The molecule has 0 spiro atoms. The average molecular weight is 226 g/mol. The van der Waals surface area contributed by atoms with Crippen molar-refractivity contribution in [2.45, 2.75) is 0 Å². The van der Waals surface area contributed by atoms with Gasteiger partial charge in [-0.25, -0.2) is 4.99 Å². The highest BCUT2D eigenvalue weighted by Gasteiger charge is 2.15. The number of hydrogen-bond donors (Lipinski definition) is 2. The predicted molar refractivity (Wildman–Crippen MR) is 62.1 cm³/mol. The number of aliphatic imine (C=N–C) groups is 1. The number of guanidine groups is 1. The predicted octanol–water partition coefficient (Wildman–Crippen LogP) is -1.06. The zero-order chi connectivity index (χ0) is 11.8. The minimum atomic E-state index is -0.0216. The molecule has 0 radical (unpaired) electrons. The molecule has 0 aliphatic carbocycles. The third-order valence-corrected chi connectivity index (χ3v) is 2.18. The van der Waals surface area contributed by atoms with Gasteiger partial charge in [0, 0.05) is 19.6 Å². The van der Waals surface area contributed by atoms with Crippen LogP contribution in [0, 0.1) is 0 Å². The monoisotopic (exact) mass is 226 g/mol. The molecule has 6 heteroatoms. The lowest BCUT2D eigenvalue weighted by Gasteiger charge is -2.26. The quantitative estimate of drug-likeness (QED) is 0.363. The van der Waals surface area contributed by atoms with E-state index in [1.807, 2.05) is 0 Å². The lowest BCUT2D eigenvalue weighted by atomic mass is 10.4. The SMILES string of the molecule is C=CCNC(N)=NCC(=O)N1CCOCC1. The number of carbonyl (C=O) groups is 1. The highest BCUT2D eigenvalue weighted by atomic mass is 16.5. The Balaban J connectivity index is 2.29. The van der Waals surface area contributed by atoms with Gasteiger partial charge >= 0.3 is 0 Å². The summed E-state index contributed by atoms with van der Waals surface area (Å²) in [6.45, 7) is 6.62. The third kappa shape index (κ3) is 4.31. The van der Waals surface area contributed by atoms with Crippen molar-refractivity contribution in [3.8, 4) is 0 Å². The molecule has 1 heterocycles. The van der Waals surface area contributed by atoms with Gasteiger partial charge in [-0.05, 0) is 0 Å². The maximum Gasteiger partial charge on any atom is 0.244 e. The smallest absolute Gasteiger partial charge is 0.244 e. The summed E-state index contributed by atoms with van der Waals surface area (Å²) in [6, 6.07) is 0. The summed E-state index contributed by atoms with van der Waals surface area (Å²) in [6.07, 6.45) is 1.67. The van der Waals surface area contributed by atoms with E-state index in [9.17, 15) is 4.79 Å². The van der Waals surface area contributed by atoms with E-state index in [1.54, 1.807) is 11.0 Å². The van der Waals surface area contributed by atoms with Gasteiger partial charge in [-0.15, -0.1) is 6.58 Å². The first-order valence-electron chi connectivity index (χ1n) is 5.24. The highest BCUT2D eigenvalue weighted by Crippen LogP contribution is 1.97. The third-order valence-electron chi connectivity index (χ3n) is 2.18. The van der Waals surface area contributed by atoms with Crippen LogP contribution >= 0.6 is 0 Å². The molecule has 0 bridgehead atoms. The number of morpholine rings is 1. The number of carbonyl (C=O) groups excluding carboxylic acids is 1. The van der Waals surface area contributed by atoms with Crippen LogP contribution in [0.5, 0.6) is 0 Å². The van der Waals surface area contributed by atoms with Crippen LogP contribution in [0.1, 0.15) is 0 Å². The molecular weight excluding hydrogens is 208 g/mol. The molecule has 0 aromatic heterocycles. The van der Waals surface area contributed by atoms with E-state index in [1.165, 1.54) is 0 Å². The fourth-order valence-corrected chi connectivity index (χ4v) is 1.30. The summed E-state index contributed by atoms with van der Waals surface area (Å²) in [4.78, 5) is 17.3. The van der Waals surface area contributed by atoms with Gasteiger partial charge in [0.05, 0.1) is 13.2 Å². The van der Waals surface area contributed by atoms with E-state index < -0.39 is 0 Å². The lowest BCUT2D eigenvalue weighted by Crippen LogP contribution is -2.42. The first kappa shape index (κ1) is 12.5. The van der Waals surface area contributed by atoms with Gasteiger partial charge in [0.15, 0.2) is 5.96 Å². The van der Waals surface area contributed by atoms with Crippen LogP contribution in [0.2, 0.25) is 0 Å². The van der Waals surface area contributed by atoms with Crippen LogP contribution in [0.15, 0.2) is 17.6 Å². The van der Waals surface area contributed by atoms with E-state index in [2.05, 4.69) is 16.9 Å². The minimum Gasteiger partial charge on any atom is -0.378 e. The van der Waals surface area contributed by atoms with Gasteiger partial charge in [-0.1, -0.05) is 6.08 Å². The molecule has 6 nitrogen and oxygen atoms in total. The molecule has 1 amide bonds. The second kappa shape index (κ2) is 6.84. The zero-order valence-electron chi connectivity index (χ0n) is 9.32. The van der Waals surface area contributed by atoms with Crippen molar-refractivity contribution >= 4 is 11.9 Å². The molecule has 1 aliphatic heterocycles. The van der Waals surface area contributed by atoms with Gasteiger partial charge in [0.2, 0.25) is 5.91 Å². The average Bonchev–Trinajstić information content (AvgIpc) is 2.34. The van der Waals surface area contributed by atoms with Crippen LogP contribution < -0.4 is 11.1 Å². The van der Waals surface area contributed by atoms with Gasteiger partial charge in [-0.2, -0.15) is 0 Å². The van der Waals surface area contributed by atoms with E-state index in [-0.39, 0.29) is 18.4 Å². The summed E-state index contributed by atoms with van der Waals surface area (Å²) in [5.74, 6) is 0.244. The number of ether oxygens (including phenoxy) is 1. The number of nitrogens with one attached hydrogen (secondary N) is 1. The Morgan fingerprint density at radius 3 is 2.88 bits per heavy atom. The second-order valence-electron chi connectivity index (χ2n) is 3.36. The van der Waals surface area contributed by atoms with Crippen molar-refractivity contribution in [2.75, 3.05) is 39.4 Å². The van der Waals surface area contributed by atoms with Crippen molar-refractivity contribution in [3.63, 3.8) is 0 Å². The second-order valence-corrected chi connectivity index (χ2v) is 3.36. The van der Waals surface area contributed by atoms with Crippen LogP contribution in [0.4, 0.5) is 0 Å². The van der Waals surface area contributed by atoms with Gasteiger partial charge in [0.25, 0.3) is 0 Å². The number of hydrogen-bond acceptors (Lipinski definition) is 3. The molecule has 3 N–H and O–H groups in total. The van der Waals surface area contributed by atoms with Crippen LogP contribution in [0.25, 0.3) is 0 Å². The highest BCUT2D eigenvalue weighted by molar-refractivity contribution is 5.84. The molecule has 16 heavy (non-hydrogen) atoms. The Bertz CT molecular complexity index is 272. The van der Waals surface area contributed by atoms with Gasteiger partial charge in [0.1, 0.15) is 6.54 Å². The largest absolute Gasteiger partial charge is 0.378 e. The van der Waals surface area contributed by atoms with Crippen molar-refractivity contribution in [2.24, 2.45) is 10.7 Å². The standard InChI is InChI=1S/C10H18N4O2/c1-2-3-12-10(11)13-8-9(15)14-4-6-16-7-5-14/h2H,1,3-8H2,(H3,11,12,13). The number of amides is 1.